The summed E-state index contributed by atoms with van der Waals surface area (Å²) in [5.41, 5.74) is 0.925. The number of thiazole rings is 1. The van der Waals surface area contributed by atoms with E-state index in [2.05, 4.69) is 4.98 Å². The molecule has 3 nitrogen and oxygen atoms in total. The minimum Gasteiger partial charge on any atom is -0.550 e. The van der Waals surface area contributed by atoms with E-state index in [1.807, 2.05) is 26.2 Å². The van der Waals surface area contributed by atoms with Gasteiger partial charge < -0.3 is 9.90 Å². The minimum atomic E-state index is -1.07. The Labute approximate surface area is 110 Å². The van der Waals surface area contributed by atoms with Gasteiger partial charge in [-0.25, -0.2) is 4.98 Å². The average Bonchev–Trinajstić information content (AvgIpc) is 2.32. The maximum Gasteiger partial charge on any atom is 1.00 e. The molecule has 1 aromatic heterocycles. The second-order valence-electron chi connectivity index (χ2n) is 3.93. The van der Waals surface area contributed by atoms with Crippen molar-refractivity contribution < 1.29 is 39.5 Å². The van der Waals surface area contributed by atoms with Crippen molar-refractivity contribution >= 4 is 17.3 Å². The Morgan fingerprint density at radius 1 is 1.57 bits per heavy atom. The van der Waals surface area contributed by atoms with E-state index in [1.54, 1.807) is 0 Å². The van der Waals surface area contributed by atoms with Gasteiger partial charge in [0.25, 0.3) is 0 Å². The van der Waals surface area contributed by atoms with E-state index in [-0.39, 0.29) is 41.4 Å². The maximum absolute atomic E-state index is 10.3. The number of hydrogen-bond acceptors (Lipinski definition) is 4. The molecule has 0 aliphatic rings. The molecule has 0 unspecified atom stereocenters. The third-order valence-corrected chi connectivity index (χ3v) is 2.46. The largest absolute Gasteiger partial charge is 1.00 e. The molecule has 0 atom stereocenters. The number of carboxylic acids is 1. The smallest absolute Gasteiger partial charge is 0.550 e. The molecule has 0 fully saturated rings. The molecule has 0 spiro atoms. The quantitative estimate of drug-likeness (QED) is 0.530. The standard InChI is InChI=1S/C9H13NO2S.Na/c1-9(2,3)6-5-13-7(10-6)4-8(11)12;/h5H,4H2,1-3H3,(H,11,12);/q;+1/p-1. The molecule has 1 aromatic rings. The van der Waals surface area contributed by atoms with Crippen LogP contribution in [0.1, 0.15) is 31.5 Å². The van der Waals surface area contributed by atoms with Crippen molar-refractivity contribution in [2.24, 2.45) is 0 Å². The number of aliphatic carboxylic acids is 1. The van der Waals surface area contributed by atoms with E-state index in [4.69, 9.17) is 0 Å². The van der Waals surface area contributed by atoms with Gasteiger partial charge in [-0.15, -0.1) is 11.3 Å². The molecule has 0 N–H and O–H groups in total. The van der Waals surface area contributed by atoms with E-state index in [0.29, 0.717) is 5.01 Å². The minimum absolute atomic E-state index is 0. The predicted molar refractivity (Wildman–Crippen MR) is 49.5 cm³/mol. The van der Waals surface area contributed by atoms with Gasteiger partial charge in [0.1, 0.15) is 0 Å². The van der Waals surface area contributed by atoms with Gasteiger partial charge in [0, 0.05) is 23.2 Å². The van der Waals surface area contributed by atoms with Gasteiger partial charge in [-0.2, -0.15) is 0 Å². The Kier molecular flexibility index (Phi) is 5.30. The van der Waals surface area contributed by atoms with Crippen LogP contribution in [0, 0.1) is 0 Å². The summed E-state index contributed by atoms with van der Waals surface area (Å²) in [7, 11) is 0. The van der Waals surface area contributed by atoms with Crippen LogP contribution in [0.3, 0.4) is 0 Å². The SMILES string of the molecule is CC(C)(C)c1csc(CC(=O)[O-])n1.[Na+]. The first-order valence-electron chi connectivity index (χ1n) is 4.04. The number of rotatable bonds is 2. The third-order valence-electron chi connectivity index (χ3n) is 1.62. The molecule has 0 bridgehead atoms. The van der Waals surface area contributed by atoms with Crippen molar-refractivity contribution in [3.63, 3.8) is 0 Å². The Balaban J connectivity index is 0.00000169. The summed E-state index contributed by atoms with van der Waals surface area (Å²) in [6, 6.07) is 0. The summed E-state index contributed by atoms with van der Waals surface area (Å²) in [6.45, 7) is 6.14. The van der Waals surface area contributed by atoms with Gasteiger partial charge in [0.2, 0.25) is 0 Å². The molecule has 0 radical (unpaired) electrons. The van der Waals surface area contributed by atoms with Crippen LogP contribution in [0.2, 0.25) is 0 Å². The molecular formula is C9H12NNaO2S. The first-order valence-corrected chi connectivity index (χ1v) is 4.92. The fourth-order valence-electron chi connectivity index (χ4n) is 0.860. The van der Waals surface area contributed by atoms with Crippen molar-refractivity contribution in [2.45, 2.75) is 32.6 Å². The fraction of sp³-hybridized carbons (Fsp3) is 0.556. The molecule has 0 aromatic carbocycles. The maximum atomic E-state index is 10.3. The average molecular weight is 221 g/mol. The Bertz CT molecular complexity index is 317. The topological polar surface area (TPSA) is 53.0 Å². The second-order valence-corrected chi connectivity index (χ2v) is 4.87. The van der Waals surface area contributed by atoms with Crippen molar-refractivity contribution in [3.05, 3.63) is 16.1 Å². The molecule has 1 heterocycles. The predicted octanol–water partition coefficient (Wildman–Crippen LogP) is -2.26. The first-order chi connectivity index (χ1) is 5.89. The number of carbonyl (C=O) groups excluding carboxylic acids is 1. The van der Waals surface area contributed by atoms with Crippen LogP contribution in [0.25, 0.3) is 0 Å². The van der Waals surface area contributed by atoms with Crippen molar-refractivity contribution in [3.8, 4) is 0 Å². The second kappa shape index (κ2) is 5.26. The molecule has 0 amide bonds. The summed E-state index contributed by atoms with van der Waals surface area (Å²) in [4.78, 5) is 14.5. The molecule has 0 aliphatic heterocycles. The van der Waals surface area contributed by atoms with Gasteiger partial charge in [-0.3, -0.25) is 0 Å². The van der Waals surface area contributed by atoms with Crippen molar-refractivity contribution in [2.75, 3.05) is 0 Å². The van der Waals surface area contributed by atoms with Crippen LogP contribution < -0.4 is 34.7 Å². The summed E-state index contributed by atoms with van der Waals surface area (Å²) < 4.78 is 0. The molecule has 14 heavy (non-hydrogen) atoms. The summed E-state index contributed by atoms with van der Waals surface area (Å²) in [5.74, 6) is -1.07. The first kappa shape index (κ1) is 14.1. The van der Waals surface area contributed by atoms with Crippen molar-refractivity contribution in [1.82, 2.24) is 4.98 Å². The van der Waals surface area contributed by atoms with Gasteiger partial charge in [0.05, 0.1) is 10.7 Å². The zero-order chi connectivity index (χ0) is 10.1. The Morgan fingerprint density at radius 3 is 2.50 bits per heavy atom. The van der Waals surface area contributed by atoms with Crippen LogP contribution in [0.5, 0.6) is 0 Å². The van der Waals surface area contributed by atoms with Gasteiger partial charge in [-0.05, 0) is 0 Å². The molecule has 0 saturated heterocycles. The van der Waals surface area contributed by atoms with E-state index in [1.165, 1.54) is 11.3 Å². The summed E-state index contributed by atoms with van der Waals surface area (Å²) in [6.07, 6.45) is -0.0826. The van der Waals surface area contributed by atoms with Crippen LogP contribution in [-0.4, -0.2) is 11.0 Å². The van der Waals surface area contributed by atoms with Crippen LogP contribution in [0.4, 0.5) is 0 Å². The summed E-state index contributed by atoms with van der Waals surface area (Å²) in [5, 5.41) is 12.8. The normalized spacial score (nSPS) is 10.8. The molecule has 72 valence electrons. The monoisotopic (exact) mass is 221 g/mol. The number of carboxylic acid groups (broad SMARTS) is 1. The van der Waals surface area contributed by atoms with E-state index < -0.39 is 5.97 Å². The van der Waals surface area contributed by atoms with E-state index in [9.17, 15) is 9.90 Å². The molecular weight excluding hydrogens is 209 g/mol. The zero-order valence-corrected chi connectivity index (χ0v) is 11.8. The molecule has 0 aliphatic carbocycles. The number of carbonyl (C=O) groups is 1. The number of nitrogens with zero attached hydrogens (tertiary/aromatic N) is 1. The Hall–Kier alpha value is 0.100. The van der Waals surface area contributed by atoms with E-state index in [0.717, 1.165) is 5.69 Å². The molecule has 1 rings (SSSR count). The van der Waals surface area contributed by atoms with Crippen LogP contribution in [0.15, 0.2) is 5.38 Å². The van der Waals surface area contributed by atoms with Crippen LogP contribution >= 0.6 is 11.3 Å². The molecule has 0 saturated carbocycles. The number of aromatic nitrogens is 1. The summed E-state index contributed by atoms with van der Waals surface area (Å²) >= 11 is 1.37. The van der Waals surface area contributed by atoms with Gasteiger partial charge in [-0.1, -0.05) is 20.8 Å². The zero-order valence-electron chi connectivity index (χ0n) is 8.96. The van der Waals surface area contributed by atoms with E-state index >= 15 is 0 Å². The van der Waals surface area contributed by atoms with Crippen molar-refractivity contribution in [1.29, 1.82) is 0 Å². The fourth-order valence-corrected chi connectivity index (χ4v) is 1.87. The number of hydrogen-bond donors (Lipinski definition) is 0. The Morgan fingerprint density at radius 2 is 2.14 bits per heavy atom. The van der Waals surface area contributed by atoms with Gasteiger partial charge in [0.15, 0.2) is 0 Å². The third kappa shape index (κ3) is 4.09. The molecule has 5 heteroatoms. The van der Waals surface area contributed by atoms with Crippen LogP contribution in [-0.2, 0) is 16.6 Å². The van der Waals surface area contributed by atoms with Gasteiger partial charge >= 0.3 is 29.6 Å².